The molecule has 0 radical (unpaired) electrons. The number of hydrogen-bond donors (Lipinski definition) is 2. The van der Waals surface area contributed by atoms with Crippen LogP contribution in [0.1, 0.15) is 0 Å². The number of piperazine rings is 1. The van der Waals surface area contributed by atoms with Gasteiger partial charge in [0, 0.05) is 39.3 Å². The smallest absolute Gasteiger partial charge is 0.0215 e. The summed E-state index contributed by atoms with van der Waals surface area (Å²) in [6.07, 6.45) is 0. The molecule has 1 saturated heterocycles. The molecule has 1 aliphatic rings. The molecular weight excluding hydrogens is 146 g/mol. The number of thiol groups is 1. The summed E-state index contributed by atoms with van der Waals surface area (Å²) < 4.78 is 2.05. The van der Waals surface area contributed by atoms with E-state index in [1.807, 2.05) is 4.31 Å². The third kappa shape index (κ3) is 2.46. The van der Waals surface area contributed by atoms with Crippen molar-refractivity contribution in [2.24, 2.45) is 5.73 Å². The van der Waals surface area contributed by atoms with Crippen molar-refractivity contribution < 1.29 is 0 Å². The van der Waals surface area contributed by atoms with Gasteiger partial charge in [0.1, 0.15) is 0 Å². The third-order valence-electron chi connectivity index (χ3n) is 1.79. The van der Waals surface area contributed by atoms with Crippen LogP contribution in [0.5, 0.6) is 0 Å². The first kappa shape index (κ1) is 8.33. The Labute approximate surface area is 67.7 Å². The van der Waals surface area contributed by atoms with Gasteiger partial charge in [0.05, 0.1) is 0 Å². The molecule has 60 valence electrons. The Kier molecular flexibility index (Phi) is 3.48. The highest BCUT2D eigenvalue weighted by Gasteiger charge is 2.12. The van der Waals surface area contributed by atoms with Crippen molar-refractivity contribution in [2.75, 3.05) is 39.3 Å². The minimum atomic E-state index is 0.770. The second kappa shape index (κ2) is 4.18. The molecule has 0 aromatic rings. The molecule has 1 fully saturated rings. The second-order valence-electron chi connectivity index (χ2n) is 2.58. The molecule has 2 N–H and O–H groups in total. The fourth-order valence-corrected chi connectivity index (χ4v) is 1.32. The number of nitrogens with zero attached hydrogens (tertiary/aromatic N) is 2. The van der Waals surface area contributed by atoms with Crippen molar-refractivity contribution in [3.8, 4) is 0 Å². The van der Waals surface area contributed by atoms with Crippen LogP contribution in [-0.2, 0) is 0 Å². The van der Waals surface area contributed by atoms with Crippen LogP contribution in [0.25, 0.3) is 0 Å². The van der Waals surface area contributed by atoms with Crippen LogP contribution in [0.15, 0.2) is 0 Å². The minimum absolute atomic E-state index is 0.770. The zero-order valence-electron chi connectivity index (χ0n) is 6.16. The van der Waals surface area contributed by atoms with Gasteiger partial charge in [-0.2, -0.15) is 0 Å². The molecule has 0 unspecified atom stereocenters. The first-order valence-corrected chi connectivity index (χ1v) is 4.09. The number of hydrogen-bond acceptors (Lipinski definition) is 4. The van der Waals surface area contributed by atoms with Crippen molar-refractivity contribution in [1.82, 2.24) is 9.21 Å². The lowest BCUT2D eigenvalue weighted by Crippen LogP contribution is -2.44. The van der Waals surface area contributed by atoms with Gasteiger partial charge in [0.25, 0.3) is 0 Å². The Hall–Kier alpha value is 0.230. The SMILES string of the molecule is NCCN1CCN(S)CC1. The summed E-state index contributed by atoms with van der Waals surface area (Å²) in [5.74, 6) is 0. The van der Waals surface area contributed by atoms with Gasteiger partial charge in [0.15, 0.2) is 0 Å². The standard InChI is InChI=1S/C6H15N3S/c7-1-2-8-3-5-9(10)6-4-8/h10H,1-7H2. The molecule has 1 rings (SSSR count). The van der Waals surface area contributed by atoms with Crippen LogP contribution in [0.2, 0.25) is 0 Å². The molecule has 4 heteroatoms. The van der Waals surface area contributed by atoms with E-state index in [9.17, 15) is 0 Å². The first-order valence-electron chi connectivity index (χ1n) is 3.69. The summed E-state index contributed by atoms with van der Waals surface area (Å²) in [5, 5.41) is 0. The van der Waals surface area contributed by atoms with Crippen molar-refractivity contribution in [3.05, 3.63) is 0 Å². The summed E-state index contributed by atoms with van der Waals surface area (Å²) in [6.45, 7) is 6.14. The van der Waals surface area contributed by atoms with Crippen LogP contribution < -0.4 is 5.73 Å². The maximum atomic E-state index is 5.42. The Bertz CT molecular complexity index is 91.0. The summed E-state index contributed by atoms with van der Waals surface area (Å²) >= 11 is 4.25. The lowest BCUT2D eigenvalue weighted by atomic mass is 10.3. The summed E-state index contributed by atoms with van der Waals surface area (Å²) in [4.78, 5) is 2.37. The lowest BCUT2D eigenvalue weighted by molar-refractivity contribution is 0.202. The van der Waals surface area contributed by atoms with Gasteiger partial charge in [-0.25, -0.2) is 0 Å². The monoisotopic (exact) mass is 161 g/mol. The molecule has 3 nitrogen and oxygen atoms in total. The van der Waals surface area contributed by atoms with Crippen LogP contribution in [0, 0.1) is 0 Å². The van der Waals surface area contributed by atoms with Crippen molar-refractivity contribution in [1.29, 1.82) is 0 Å². The Morgan fingerprint density at radius 3 is 2.30 bits per heavy atom. The minimum Gasteiger partial charge on any atom is -0.329 e. The maximum absolute atomic E-state index is 5.42. The van der Waals surface area contributed by atoms with Gasteiger partial charge in [0.2, 0.25) is 0 Å². The van der Waals surface area contributed by atoms with Gasteiger partial charge >= 0.3 is 0 Å². The van der Waals surface area contributed by atoms with Gasteiger partial charge in [-0.05, 0) is 0 Å². The van der Waals surface area contributed by atoms with E-state index in [0.717, 1.165) is 39.3 Å². The molecule has 0 aromatic heterocycles. The van der Waals surface area contributed by atoms with Crippen LogP contribution in [-0.4, -0.2) is 48.5 Å². The van der Waals surface area contributed by atoms with E-state index < -0.39 is 0 Å². The fraction of sp³-hybridized carbons (Fsp3) is 1.00. The van der Waals surface area contributed by atoms with Gasteiger partial charge in [-0.3, -0.25) is 9.21 Å². The highest BCUT2D eigenvalue weighted by Crippen LogP contribution is 2.01. The number of nitrogens with two attached hydrogens (primary N) is 1. The predicted molar refractivity (Wildman–Crippen MR) is 46.1 cm³/mol. The first-order chi connectivity index (χ1) is 4.83. The van der Waals surface area contributed by atoms with Crippen molar-refractivity contribution in [2.45, 2.75) is 0 Å². The Morgan fingerprint density at radius 1 is 1.20 bits per heavy atom. The van der Waals surface area contributed by atoms with Crippen LogP contribution in [0.3, 0.4) is 0 Å². The van der Waals surface area contributed by atoms with Crippen molar-refractivity contribution >= 4 is 12.8 Å². The molecule has 0 bridgehead atoms. The molecule has 10 heavy (non-hydrogen) atoms. The summed E-state index contributed by atoms with van der Waals surface area (Å²) in [5.41, 5.74) is 5.42. The molecule has 0 aromatic carbocycles. The molecule has 0 atom stereocenters. The van der Waals surface area contributed by atoms with Gasteiger partial charge in [-0.1, -0.05) is 12.8 Å². The third-order valence-corrected chi connectivity index (χ3v) is 2.19. The quantitative estimate of drug-likeness (QED) is 0.531. The molecule has 1 heterocycles. The Morgan fingerprint density at radius 2 is 1.80 bits per heavy atom. The van der Waals surface area contributed by atoms with E-state index in [-0.39, 0.29) is 0 Å². The molecule has 0 spiro atoms. The van der Waals surface area contributed by atoms with E-state index in [1.165, 1.54) is 0 Å². The van der Waals surface area contributed by atoms with Crippen LogP contribution in [0.4, 0.5) is 0 Å². The Balaban J connectivity index is 2.13. The second-order valence-corrected chi connectivity index (χ2v) is 3.15. The van der Waals surface area contributed by atoms with E-state index in [2.05, 4.69) is 17.7 Å². The fourth-order valence-electron chi connectivity index (χ4n) is 1.14. The molecule has 1 aliphatic heterocycles. The zero-order chi connectivity index (χ0) is 7.40. The molecule has 0 saturated carbocycles. The lowest BCUT2D eigenvalue weighted by Gasteiger charge is -2.30. The molecular formula is C6H15N3S. The van der Waals surface area contributed by atoms with E-state index in [0.29, 0.717) is 0 Å². The van der Waals surface area contributed by atoms with Gasteiger partial charge in [-0.15, -0.1) is 0 Å². The normalized spacial score (nSPS) is 23.4. The summed E-state index contributed by atoms with van der Waals surface area (Å²) in [7, 11) is 0. The van der Waals surface area contributed by atoms with Crippen molar-refractivity contribution in [3.63, 3.8) is 0 Å². The summed E-state index contributed by atoms with van der Waals surface area (Å²) in [6, 6.07) is 0. The van der Waals surface area contributed by atoms with Crippen LogP contribution >= 0.6 is 12.8 Å². The predicted octanol–water partition coefficient (Wildman–Crippen LogP) is -0.592. The van der Waals surface area contributed by atoms with E-state index in [4.69, 9.17) is 5.73 Å². The van der Waals surface area contributed by atoms with E-state index >= 15 is 0 Å². The maximum Gasteiger partial charge on any atom is 0.0215 e. The average Bonchev–Trinajstić information content (AvgIpc) is 1.95. The molecule has 0 amide bonds. The average molecular weight is 161 g/mol. The largest absolute Gasteiger partial charge is 0.329 e. The molecule has 0 aliphatic carbocycles. The zero-order valence-corrected chi connectivity index (χ0v) is 7.06. The highest BCUT2D eigenvalue weighted by molar-refractivity contribution is 7.77. The topological polar surface area (TPSA) is 32.5 Å². The van der Waals surface area contributed by atoms with E-state index in [1.54, 1.807) is 0 Å². The highest BCUT2D eigenvalue weighted by atomic mass is 32.1. The van der Waals surface area contributed by atoms with Gasteiger partial charge < -0.3 is 5.73 Å². The number of rotatable bonds is 2.